The van der Waals surface area contributed by atoms with Crippen molar-refractivity contribution < 1.29 is 0 Å². The van der Waals surface area contributed by atoms with E-state index in [9.17, 15) is 0 Å². The van der Waals surface area contributed by atoms with Gasteiger partial charge in [-0.15, -0.1) is 0 Å². The Balaban J connectivity index is 2.17. The molecule has 1 aliphatic carbocycles. The van der Waals surface area contributed by atoms with Crippen molar-refractivity contribution in [1.82, 2.24) is 5.32 Å². The lowest BCUT2D eigenvalue weighted by atomic mass is 9.86. The van der Waals surface area contributed by atoms with Crippen LogP contribution in [-0.4, -0.2) is 6.54 Å². The lowest BCUT2D eigenvalue weighted by Gasteiger charge is -2.20. The Bertz CT molecular complexity index is 330. The van der Waals surface area contributed by atoms with Crippen molar-refractivity contribution in [3.63, 3.8) is 0 Å². The van der Waals surface area contributed by atoms with Crippen LogP contribution < -0.4 is 5.32 Å². The molecule has 0 aromatic heterocycles. The predicted octanol–water partition coefficient (Wildman–Crippen LogP) is 1.67. The lowest BCUT2D eigenvalue weighted by molar-refractivity contribution is 0.436. The maximum absolute atomic E-state index is 3.12. The molecule has 2 bridgehead atoms. The van der Waals surface area contributed by atoms with Gasteiger partial charge < -0.3 is 5.32 Å². The first-order chi connectivity index (χ1) is 6.45. The molecule has 0 aromatic rings. The van der Waals surface area contributed by atoms with E-state index in [0.717, 1.165) is 18.9 Å². The molecule has 1 N–H and O–H groups in total. The van der Waals surface area contributed by atoms with Gasteiger partial charge in [-0.25, -0.2) is 0 Å². The third-order valence-corrected chi connectivity index (χ3v) is 2.59. The molecule has 66 valence electrons. The van der Waals surface area contributed by atoms with E-state index in [1.54, 1.807) is 0 Å². The number of allylic oxidation sites excluding steroid dienone is 2. The minimum absolute atomic E-state index is 0.821. The van der Waals surface area contributed by atoms with Crippen molar-refractivity contribution in [3.8, 4) is 23.8 Å². The fourth-order valence-electron chi connectivity index (χ4n) is 1.86. The van der Waals surface area contributed by atoms with Gasteiger partial charge >= 0.3 is 0 Å². The molecule has 0 amide bonds. The SMILES string of the molecule is C1#CNCCC2CCC=C(C#C1)C2. The Morgan fingerprint density at radius 1 is 1.31 bits per heavy atom. The smallest absolute Gasteiger partial charge is 0.0232 e. The summed E-state index contributed by atoms with van der Waals surface area (Å²) < 4.78 is 0. The monoisotopic (exact) mass is 171 g/mol. The van der Waals surface area contributed by atoms with E-state index >= 15 is 0 Å². The highest BCUT2D eigenvalue weighted by Crippen LogP contribution is 2.25. The third kappa shape index (κ3) is 2.30. The lowest BCUT2D eigenvalue weighted by Crippen LogP contribution is -2.15. The summed E-state index contributed by atoms with van der Waals surface area (Å²) in [6.45, 7) is 1.01. The van der Waals surface area contributed by atoms with Gasteiger partial charge in [-0.2, -0.15) is 0 Å². The first-order valence-corrected chi connectivity index (χ1v) is 4.88. The van der Waals surface area contributed by atoms with Crippen LogP contribution >= 0.6 is 0 Å². The second kappa shape index (κ2) is 4.06. The van der Waals surface area contributed by atoms with Crippen LogP contribution in [0.5, 0.6) is 0 Å². The molecule has 1 atom stereocenters. The van der Waals surface area contributed by atoms with Gasteiger partial charge in [0.15, 0.2) is 0 Å². The molecule has 13 heavy (non-hydrogen) atoms. The molecule has 0 radical (unpaired) electrons. The second-order valence-electron chi connectivity index (χ2n) is 3.59. The van der Waals surface area contributed by atoms with Gasteiger partial charge in [0.1, 0.15) is 0 Å². The topological polar surface area (TPSA) is 12.0 Å². The largest absolute Gasteiger partial charge is 0.345 e. The number of hydrogen-bond acceptors (Lipinski definition) is 1. The van der Waals surface area contributed by atoms with Crippen LogP contribution in [0.25, 0.3) is 0 Å². The predicted molar refractivity (Wildman–Crippen MR) is 53.6 cm³/mol. The normalized spacial score (nSPS) is 25.2. The van der Waals surface area contributed by atoms with Gasteiger partial charge in [0, 0.05) is 18.5 Å². The minimum Gasteiger partial charge on any atom is -0.345 e. The summed E-state index contributed by atoms with van der Waals surface area (Å²) >= 11 is 0. The van der Waals surface area contributed by atoms with Crippen molar-refractivity contribution >= 4 is 0 Å². The van der Waals surface area contributed by atoms with Crippen LogP contribution in [0.15, 0.2) is 11.6 Å². The van der Waals surface area contributed by atoms with Gasteiger partial charge in [-0.05, 0) is 43.1 Å². The minimum atomic E-state index is 0.821. The average molecular weight is 171 g/mol. The third-order valence-electron chi connectivity index (χ3n) is 2.59. The van der Waals surface area contributed by atoms with Crippen LogP contribution in [0.1, 0.15) is 25.7 Å². The molecule has 1 heteroatoms. The quantitative estimate of drug-likeness (QED) is 0.547. The van der Waals surface area contributed by atoms with E-state index in [1.165, 1.54) is 24.8 Å². The van der Waals surface area contributed by atoms with E-state index in [-0.39, 0.29) is 0 Å². The molecule has 1 unspecified atom stereocenters. The first-order valence-electron chi connectivity index (χ1n) is 4.88. The van der Waals surface area contributed by atoms with Crippen molar-refractivity contribution in [1.29, 1.82) is 0 Å². The molecule has 0 aromatic carbocycles. The van der Waals surface area contributed by atoms with Crippen LogP contribution in [0.2, 0.25) is 0 Å². The zero-order chi connectivity index (χ0) is 8.93. The van der Waals surface area contributed by atoms with E-state index in [0.29, 0.717) is 0 Å². The highest BCUT2D eigenvalue weighted by Gasteiger charge is 2.13. The van der Waals surface area contributed by atoms with Crippen LogP contribution in [0.3, 0.4) is 0 Å². The molecular weight excluding hydrogens is 158 g/mol. The van der Waals surface area contributed by atoms with Crippen molar-refractivity contribution in [2.24, 2.45) is 5.92 Å². The zero-order valence-electron chi connectivity index (χ0n) is 7.69. The molecule has 2 aliphatic rings. The summed E-state index contributed by atoms with van der Waals surface area (Å²) in [5.41, 5.74) is 1.30. The summed E-state index contributed by atoms with van der Waals surface area (Å²) in [5, 5.41) is 3.08. The summed E-state index contributed by atoms with van der Waals surface area (Å²) in [6, 6.07) is 2.84. The fourth-order valence-corrected chi connectivity index (χ4v) is 1.86. The maximum atomic E-state index is 3.12. The van der Waals surface area contributed by atoms with Gasteiger partial charge in [-0.3, -0.25) is 0 Å². The fraction of sp³-hybridized carbons (Fsp3) is 0.500. The number of nitrogens with one attached hydrogen (secondary N) is 1. The number of fused-ring (bicyclic) bond motifs is 2. The summed E-state index contributed by atoms with van der Waals surface area (Å²) in [5.74, 6) is 9.60. The molecule has 1 nitrogen and oxygen atoms in total. The van der Waals surface area contributed by atoms with Crippen molar-refractivity contribution in [2.45, 2.75) is 25.7 Å². The Morgan fingerprint density at radius 3 is 3.31 bits per heavy atom. The molecule has 0 fully saturated rings. The Labute approximate surface area is 79.6 Å². The van der Waals surface area contributed by atoms with Gasteiger partial charge in [-0.1, -0.05) is 12.0 Å². The van der Waals surface area contributed by atoms with Crippen molar-refractivity contribution in [3.05, 3.63) is 11.6 Å². The average Bonchev–Trinajstić information content (AvgIpc) is 2.17. The van der Waals surface area contributed by atoms with E-state index < -0.39 is 0 Å². The summed E-state index contributed by atoms with van der Waals surface area (Å²) in [7, 11) is 0. The molecule has 2 rings (SSSR count). The molecule has 0 saturated heterocycles. The van der Waals surface area contributed by atoms with E-state index in [1.807, 2.05) is 0 Å². The zero-order valence-corrected chi connectivity index (χ0v) is 7.69. The molecule has 0 saturated carbocycles. The maximum Gasteiger partial charge on any atom is 0.0232 e. The molecule has 1 heterocycles. The van der Waals surface area contributed by atoms with Crippen LogP contribution in [0.4, 0.5) is 0 Å². The first kappa shape index (κ1) is 8.27. The molecule has 0 spiro atoms. The number of hydrogen-bond donors (Lipinski definition) is 1. The summed E-state index contributed by atoms with van der Waals surface area (Å²) in [4.78, 5) is 0. The van der Waals surface area contributed by atoms with E-state index in [2.05, 4.69) is 35.2 Å². The van der Waals surface area contributed by atoms with Crippen LogP contribution in [-0.2, 0) is 0 Å². The molecular formula is C12H13N. The Morgan fingerprint density at radius 2 is 2.31 bits per heavy atom. The van der Waals surface area contributed by atoms with E-state index in [4.69, 9.17) is 0 Å². The number of rotatable bonds is 0. The Hall–Kier alpha value is -1.34. The highest BCUT2D eigenvalue weighted by atomic mass is 14.8. The molecule has 1 aliphatic heterocycles. The highest BCUT2D eigenvalue weighted by molar-refractivity contribution is 5.37. The van der Waals surface area contributed by atoms with Crippen LogP contribution in [0, 0.1) is 29.7 Å². The standard InChI is InChI=1S/C12H13N/c1-2-8-13-9-7-12-6-3-5-11(4-1)10-12/h5,12-13H,3,6-7,9-10H2. The van der Waals surface area contributed by atoms with Gasteiger partial charge in [0.25, 0.3) is 0 Å². The second-order valence-corrected chi connectivity index (χ2v) is 3.59. The van der Waals surface area contributed by atoms with Gasteiger partial charge in [0.05, 0.1) is 0 Å². The summed E-state index contributed by atoms with van der Waals surface area (Å²) in [6.07, 6.45) is 7.17. The van der Waals surface area contributed by atoms with Crippen molar-refractivity contribution in [2.75, 3.05) is 6.54 Å². The Kier molecular flexibility index (Phi) is 2.58. The van der Waals surface area contributed by atoms with Gasteiger partial charge in [0.2, 0.25) is 0 Å².